The van der Waals surface area contributed by atoms with Crippen LogP contribution in [-0.2, 0) is 21.7 Å². The predicted octanol–water partition coefficient (Wildman–Crippen LogP) is 17.7. The van der Waals surface area contributed by atoms with Crippen molar-refractivity contribution in [3.63, 3.8) is 0 Å². The second-order valence-electron chi connectivity index (χ2n) is 25.8. The van der Waals surface area contributed by atoms with Gasteiger partial charge in [0, 0.05) is 65.3 Å². The Morgan fingerprint density at radius 2 is 1.09 bits per heavy atom. The number of hydrogen-bond donors (Lipinski definition) is 0. The molecule has 1 aliphatic carbocycles. The van der Waals surface area contributed by atoms with Crippen LogP contribution in [0.15, 0.2) is 158 Å². The van der Waals surface area contributed by atoms with E-state index in [1.807, 2.05) is 11.3 Å². The van der Waals surface area contributed by atoms with Crippen molar-refractivity contribution in [3.8, 4) is 11.1 Å². The Morgan fingerprint density at radius 1 is 0.486 bits per heavy atom. The minimum Gasteiger partial charge on any atom is -0.334 e. The van der Waals surface area contributed by atoms with E-state index in [1.54, 1.807) is 0 Å². The van der Waals surface area contributed by atoms with Gasteiger partial charge in [-0.25, -0.2) is 0 Å². The maximum Gasteiger partial charge on any atom is 0.252 e. The number of fused-ring (bicyclic) bond motifs is 10. The Labute approximate surface area is 445 Å². The molecule has 0 saturated heterocycles. The standard InChI is InChI=1S/C69H70BN3S/c1-43-37-59-64-60(38-43)72(57-24-20-26-62-63(57)49-23-16-17-25-61(49)74-62)58-42-48(73-55-33-28-46(66(5,6)7)40-51(55)68(11)35-18-19-36-69(68,73)12)30-31-52(58)70(64)53-41-47(67(8,9)10)29-34-56(53)71(59)54-32-27-45(65(2,3)4)39-50(54)44-21-14-13-15-22-44/h13-17,20-34,37-42H,18-19,35-36H2,1-12H3. The molecule has 3 nitrogen and oxygen atoms in total. The smallest absolute Gasteiger partial charge is 0.252 e. The first-order valence-corrected chi connectivity index (χ1v) is 28.1. The fourth-order valence-corrected chi connectivity index (χ4v) is 15.0. The molecule has 4 heterocycles. The number of thiophene rings is 1. The predicted molar refractivity (Wildman–Crippen MR) is 322 cm³/mol. The van der Waals surface area contributed by atoms with Gasteiger partial charge in [0.2, 0.25) is 0 Å². The molecule has 0 N–H and O–H groups in total. The van der Waals surface area contributed by atoms with Gasteiger partial charge in [0.25, 0.3) is 6.71 Å². The molecule has 2 atom stereocenters. The molecule has 74 heavy (non-hydrogen) atoms. The number of hydrogen-bond acceptors (Lipinski definition) is 4. The van der Waals surface area contributed by atoms with E-state index >= 15 is 0 Å². The summed E-state index contributed by atoms with van der Waals surface area (Å²) in [4.78, 5) is 8.13. The highest BCUT2D eigenvalue weighted by Crippen LogP contribution is 2.62. The molecule has 5 heteroatoms. The average molecular weight is 984 g/mol. The van der Waals surface area contributed by atoms with Gasteiger partial charge in [0.15, 0.2) is 0 Å². The van der Waals surface area contributed by atoms with E-state index in [1.165, 1.54) is 140 Å². The first-order chi connectivity index (χ1) is 35.2. The molecule has 0 radical (unpaired) electrons. The fourth-order valence-electron chi connectivity index (χ4n) is 13.8. The number of aryl methyl sites for hydroxylation is 1. The number of anilines is 8. The average Bonchev–Trinajstić information content (AvgIpc) is 3.85. The van der Waals surface area contributed by atoms with E-state index in [-0.39, 0.29) is 33.9 Å². The third-order valence-electron chi connectivity index (χ3n) is 18.1. The molecule has 0 bridgehead atoms. The summed E-state index contributed by atoms with van der Waals surface area (Å²) >= 11 is 1.91. The maximum absolute atomic E-state index is 2.80. The zero-order valence-corrected chi connectivity index (χ0v) is 46.5. The van der Waals surface area contributed by atoms with Crippen molar-refractivity contribution in [2.45, 2.75) is 136 Å². The summed E-state index contributed by atoms with van der Waals surface area (Å²) < 4.78 is 2.63. The molecule has 1 fully saturated rings. The summed E-state index contributed by atoms with van der Waals surface area (Å²) in [6, 6.07) is 61.9. The Balaban J connectivity index is 1.13. The van der Waals surface area contributed by atoms with Crippen molar-refractivity contribution >= 4 is 100 Å². The van der Waals surface area contributed by atoms with Crippen molar-refractivity contribution < 1.29 is 0 Å². The van der Waals surface area contributed by atoms with Gasteiger partial charge in [-0.2, -0.15) is 0 Å². The number of benzene rings is 8. The van der Waals surface area contributed by atoms with Crippen molar-refractivity contribution in [2.75, 3.05) is 14.7 Å². The first kappa shape index (κ1) is 47.2. The topological polar surface area (TPSA) is 9.72 Å². The first-order valence-electron chi connectivity index (χ1n) is 27.3. The van der Waals surface area contributed by atoms with Gasteiger partial charge >= 0.3 is 0 Å². The molecule has 0 amide bonds. The van der Waals surface area contributed by atoms with Crippen molar-refractivity contribution in [1.82, 2.24) is 0 Å². The van der Waals surface area contributed by atoms with Gasteiger partial charge in [-0.05, 0) is 159 Å². The molecule has 4 aliphatic rings. The molecular weight excluding hydrogens is 914 g/mol. The lowest BCUT2D eigenvalue weighted by Gasteiger charge is -2.50. The molecular formula is C69H70BN3S. The minimum atomic E-state index is -0.0956. The lowest BCUT2D eigenvalue weighted by atomic mass is 9.33. The van der Waals surface area contributed by atoms with Crippen LogP contribution in [0.1, 0.15) is 130 Å². The van der Waals surface area contributed by atoms with Gasteiger partial charge < -0.3 is 14.7 Å². The summed E-state index contributed by atoms with van der Waals surface area (Å²) in [6.45, 7) is 28.6. The van der Waals surface area contributed by atoms with Gasteiger partial charge in [0.1, 0.15) is 0 Å². The van der Waals surface area contributed by atoms with Crippen LogP contribution in [0.4, 0.5) is 45.5 Å². The number of rotatable bonds is 4. The van der Waals surface area contributed by atoms with Crippen LogP contribution in [-0.4, -0.2) is 12.3 Å². The van der Waals surface area contributed by atoms with Crippen LogP contribution in [0.25, 0.3) is 31.3 Å². The Kier molecular flexibility index (Phi) is 10.3. The summed E-state index contributed by atoms with van der Waals surface area (Å²) in [5.74, 6) is 0. The second kappa shape index (κ2) is 16.2. The van der Waals surface area contributed by atoms with Crippen molar-refractivity contribution in [1.29, 1.82) is 0 Å². The van der Waals surface area contributed by atoms with Crippen LogP contribution in [0, 0.1) is 6.92 Å². The molecule has 0 spiro atoms. The molecule has 2 unspecified atom stereocenters. The van der Waals surface area contributed by atoms with Gasteiger partial charge in [-0.15, -0.1) is 11.3 Å². The lowest BCUT2D eigenvalue weighted by molar-refractivity contribution is 0.195. The van der Waals surface area contributed by atoms with Crippen molar-refractivity contribution in [2.24, 2.45) is 0 Å². The molecule has 3 aliphatic heterocycles. The molecule has 9 aromatic rings. The van der Waals surface area contributed by atoms with Gasteiger partial charge in [-0.3, -0.25) is 0 Å². The molecule has 13 rings (SSSR count). The van der Waals surface area contributed by atoms with Crippen LogP contribution in [0.3, 0.4) is 0 Å². The maximum atomic E-state index is 2.80. The number of nitrogens with zero attached hydrogens (tertiary/aromatic N) is 3. The Bertz CT molecular complexity index is 3770. The normalized spacial score (nSPS) is 19.1. The van der Waals surface area contributed by atoms with Gasteiger partial charge in [-0.1, -0.05) is 173 Å². The second-order valence-corrected chi connectivity index (χ2v) is 26.9. The molecule has 8 aromatic carbocycles. The van der Waals surface area contributed by atoms with E-state index in [9.17, 15) is 0 Å². The third-order valence-corrected chi connectivity index (χ3v) is 19.2. The lowest BCUT2D eigenvalue weighted by Crippen LogP contribution is -2.61. The van der Waals surface area contributed by atoms with E-state index in [0.717, 1.165) is 6.42 Å². The summed E-state index contributed by atoms with van der Waals surface area (Å²) in [6.07, 6.45) is 4.84. The highest BCUT2D eigenvalue weighted by Gasteiger charge is 2.58. The SMILES string of the molecule is Cc1cc2c3c(c1)N(c1cccc4sc5ccccc5c14)c1cc(N4c5ccc(C(C)(C)C)cc5C5(C)CCCCC45C)ccc1B3c1cc(C(C)(C)C)ccc1N2c1ccc(C(C)(C)C)cc1-c1ccccc1. The monoisotopic (exact) mass is 984 g/mol. The Hall–Kier alpha value is -6.56. The molecule has 1 aromatic heterocycles. The van der Waals surface area contributed by atoms with E-state index < -0.39 is 0 Å². The van der Waals surface area contributed by atoms with Crippen molar-refractivity contribution in [3.05, 3.63) is 186 Å². The zero-order chi connectivity index (χ0) is 51.4. The third kappa shape index (κ3) is 6.90. The zero-order valence-electron chi connectivity index (χ0n) is 45.7. The largest absolute Gasteiger partial charge is 0.334 e. The molecule has 370 valence electrons. The Morgan fingerprint density at radius 3 is 1.81 bits per heavy atom. The quantitative estimate of drug-likeness (QED) is 0.163. The minimum absolute atomic E-state index is 0.00997. The van der Waals surface area contributed by atoms with Crippen LogP contribution in [0.2, 0.25) is 0 Å². The summed E-state index contributed by atoms with van der Waals surface area (Å²) in [5, 5.41) is 2.63. The van der Waals surface area contributed by atoms with E-state index in [4.69, 9.17) is 0 Å². The summed E-state index contributed by atoms with van der Waals surface area (Å²) in [7, 11) is 0. The summed E-state index contributed by atoms with van der Waals surface area (Å²) in [5.41, 5.74) is 23.4. The highest BCUT2D eigenvalue weighted by atomic mass is 32.1. The van der Waals surface area contributed by atoms with Crippen LogP contribution >= 0.6 is 11.3 Å². The van der Waals surface area contributed by atoms with Crippen LogP contribution in [0.5, 0.6) is 0 Å². The van der Waals surface area contributed by atoms with E-state index in [2.05, 4.69) is 256 Å². The fraction of sp³-hybridized carbons (Fsp3) is 0.304. The van der Waals surface area contributed by atoms with Crippen LogP contribution < -0.4 is 31.1 Å². The molecule has 1 saturated carbocycles. The van der Waals surface area contributed by atoms with Gasteiger partial charge in [0.05, 0.1) is 16.9 Å². The van der Waals surface area contributed by atoms with E-state index in [0.29, 0.717) is 0 Å². The highest BCUT2D eigenvalue weighted by molar-refractivity contribution is 7.26.